The standard InChI is InChI=1S/C15H14BrClN2O/c1-10-2-5-12(6-3-10)19-15(20)9-18-14-7-4-11(17)8-13(14)16/h2-8,18H,9H2,1H3,(H,19,20). The van der Waals surface area contributed by atoms with Crippen molar-refractivity contribution in [1.29, 1.82) is 0 Å². The van der Waals surface area contributed by atoms with Crippen LogP contribution in [0.15, 0.2) is 46.9 Å². The van der Waals surface area contributed by atoms with Crippen molar-refractivity contribution in [2.45, 2.75) is 6.92 Å². The van der Waals surface area contributed by atoms with Gasteiger partial charge in [-0.3, -0.25) is 4.79 Å². The van der Waals surface area contributed by atoms with Crippen molar-refractivity contribution in [3.8, 4) is 0 Å². The average Bonchev–Trinajstić information content (AvgIpc) is 2.40. The molecule has 0 atom stereocenters. The Balaban J connectivity index is 1.90. The van der Waals surface area contributed by atoms with Gasteiger partial charge in [0.25, 0.3) is 0 Å². The molecule has 0 aliphatic rings. The molecule has 2 aromatic carbocycles. The second-order valence-electron chi connectivity index (χ2n) is 4.39. The molecule has 0 aliphatic carbocycles. The quantitative estimate of drug-likeness (QED) is 0.852. The van der Waals surface area contributed by atoms with Gasteiger partial charge in [0.2, 0.25) is 5.91 Å². The summed E-state index contributed by atoms with van der Waals surface area (Å²) in [5.41, 5.74) is 2.78. The minimum atomic E-state index is -0.101. The van der Waals surface area contributed by atoms with Gasteiger partial charge in [0.05, 0.1) is 6.54 Å². The van der Waals surface area contributed by atoms with Crippen molar-refractivity contribution in [2.24, 2.45) is 0 Å². The first-order valence-electron chi connectivity index (χ1n) is 6.10. The summed E-state index contributed by atoms with van der Waals surface area (Å²) in [6.45, 7) is 2.19. The van der Waals surface area contributed by atoms with Crippen LogP contribution in [0.2, 0.25) is 5.02 Å². The molecule has 0 saturated carbocycles. The molecule has 3 nitrogen and oxygen atoms in total. The highest BCUT2D eigenvalue weighted by atomic mass is 79.9. The molecule has 0 aliphatic heterocycles. The summed E-state index contributed by atoms with van der Waals surface area (Å²) in [4.78, 5) is 11.8. The fourth-order valence-corrected chi connectivity index (χ4v) is 2.47. The lowest BCUT2D eigenvalue weighted by atomic mass is 10.2. The van der Waals surface area contributed by atoms with Crippen molar-refractivity contribution in [1.82, 2.24) is 0 Å². The van der Waals surface area contributed by atoms with Crippen molar-refractivity contribution in [2.75, 3.05) is 17.2 Å². The highest BCUT2D eigenvalue weighted by molar-refractivity contribution is 9.10. The Bertz CT molecular complexity index is 614. The molecule has 0 radical (unpaired) electrons. The van der Waals surface area contributed by atoms with E-state index in [0.717, 1.165) is 21.4 Å². The van der Waals surface area contributed by atoms with E-state index in [2.05, 4.69) is 26.6 Å². The number of hydrogen-bond donors (Lipinski definition) is 2. The second kappa shape index (κ2) is 6.77. The molecular weight excluding hydrogens is 340 g/mol. The van der Waals surface area contributed by atoms with Gasteiger partial charge < -0.3 is 10.6 Å². The van der Waals surface area contributed by atoms with Crippen molar-refractivity contribution in [3.63, 3.8) is 0 Å². The molecule has 0 saturated heterocycles. The van der Waals surface area contributed by atoms with E-state index >= 15 is 0 Å². The molecule has 0 spiro atoms. The maximum atomic E-state index is 11.8. The van der Waals surface area contributed by atoms with E-state index in [9.17, 15) is 4.79 Å². The molecule has 0 unspecified atom stereocenters. The first kappa shape index (κ1) is 14.9. The maximum Gasteiger partial charge on any atom is 0.243 e. The van der Waals surface area contributed by atoms with Crippen molar-refractivity contribution < 1.29 is 4.79 Å². The van der Waals surface area contributed by atoms with E-state index < -0.39 is 0 Å². The lowest BCUT2D eigenvalue weighted by molar-refractivity contribution is -0.114. The highest BCUT2D eigenvalue weighted by Gasteiger charge is 2.04. The summed E-state index contributed by atoms with van der Waals surface area (Å²) in [6, 6.07) is 13.0. The van der Waals surface area contributed by atoms with Gasteiger partial charge in [-0.2, -0.15) is 0 Å². The molecule has 20 heavy (non-hydrogen) atoms. The number of benzene rings is 2. The van der Waals surface area contributed by atoms with Crippen LogP contribution in [0, 0.1) is 6.92 Å². The Morgan fingerprint density at radius 3 is 2.55 bits per heavy atom. The molecule has 0 fully saturated rings. The molecule has 0 heterocycles. The number of carbonyl (C=O) groups excluding carboxylic acids is 1. The minimum Gasteiger partial charge on any atom is -0.375 e. The summed E-state index contributed by atoms with van der Waals surface area (Å²) < 4.78 is 0.827. The van der Waals surface area contributed by atoms with Gasteiger partial charge in [0.15, 0.2) is 0 Å². The van der Waals surface area contributed by atoms with Crippen LogP contribution in [0.5, 0.6) is 0 Å². The van der Waals surface area contributed by atoms with Gasteiger partial charge >= 0.3 is 0 Å². The van der Waals surface area contributed by atoms with Crippen LogP contribution >= 0.6 is 27.5 Å². The third-order valence-corrected chi connectivity index (χ3v) is 3.60. The zero-order valence-electron chi connectivity index (χ0n) is 10.9. The first-order valence-corrected chi connectivity index (χ1v) is 7.27. The normalized spacial score (nSPS) is 10.2. The lowest BCUT2D eigenvalue weighted by Gasteiger charge is -2.09. The average molecular weight is 354 g/mol. The first-order chi connectivity index (χ1) is 9.54. The molecule has 0 aromatic heterocycles. The SMILES string of the molecule is Cc1ccc(NC(=O)CNc2ccc(Cl)cc2Br)cc1. The number of anilines is 2. The number of aryl methyl sites for hydroxylation is 1. The van der Waals surface area contributed by atoms with Gasteiger partial charge in [0, 0.05) is 20.9 Å². The van der Waals surface area contributed by atoms with Crippen molar-refractivity contribution in [3.05, 3.63) is 57.5 Å². The Morgan fingerprint density at radius 2 is 1.90 bits per heavy atom. The number of amides is 1. The molecule has 2 rings (SSSR count). The van der Waals surface area contributed by atoms with Gasteiger partial charge in [-0.05, 0) is 53.2 Å². The summed E-state index contributed by atoms with van der Waals surface area (Å²) in [5.74, 6) is -0.101. The van der Waals surface area contributed by atoms with Crippen LogP contribution < -0.4 is 10.6 Å². The Hall–Kier alpha value is -1.52. The second-order valence-corrected chi connectivity index (χ2v) is 5.68. The molecule has 104 valence electrons. The molecule has 0 bridgehead atoms. The van der Waals surface area contributed by atoms with Crippen LogP contribution in [-0.2, 0) is 4.79 Å². The van der Waals surface area contributed by atoms with Crippen LogP contribution in [0.3, 0.4) is 0 Å². The smallest absolute Gasteiger partial charge is 0.243 e. The lowest BCUT2D eigenvalue weighted by Crippen LogP contribution is -2.21. The number of carbonyl (C=O) groups is 1. The van der Waals surface area contributed by atoms with Gasteiger partial charge in [0.1, 0.15) is 0 Å². The Kier molecular flexibility index (Phi) is 5.04. The van der Waals surface area contributed by atoms with Crippen LogP contribution in [0.4, 0.5) is 11.4 Å². The van der Waals surface area contributed by atoms with Gasteiger partial charge in [-0.25, -0.2) is 0 Å². The van der Waals surface area contributed by atoms with Gasteiger partial charge in [-0.15, -0.1) is 0 Å². The zero-order chi connectivity index (χ0) is 14.5. The number of nitrogens with one attached hydrogen (secondary N) is 2. The Morgan fingerprint density at radius 1 is 1.20 bits per heavy atom. The van der Waals surface area contributed by atoms with E-state index in [0.29, 0.717) is 5.02 Å². The molecule has 1 amide bonds. The van der Waals surface area contributed by atoms with E-state index in [1.807, 2.05) is 37.3 Å². The third-order valence-electron chi connectivity index (χ3n) is 2.71. The number of halogens is 2. The number of rotatable bonds is 4. The van der Waals surface area contributed by atoms with Crippen LogP contribution in [0.25, 0.3) is 0 Å². The van der Waals surface area contributed by atoms with E-state index in [1.165, 1.54) is 0 Å². The Labute approximate surface area is 131 Å². The fraction of sp³-hybridized carbons (Fsp3) is 0.133. The molecule has 2 N–H and O–H groups in total. The summed E-state index contributed by atoms with van der Waals surface area (Å²) in [6.07, 6.45) is 0. The van der Waals surface area contributed by atoms with E-state index in [4.69, 9.17) is 11.6 Å². The van der Waals surface area contributed by atoms with Crippen molar-refractivity contribution >= 4 is 44.8 Å². The molecular formula is C15H14BrClN2O. The zero-order valence-corrected chi connectivity index (χ0v) is 13.3. The minimum absolute atomic E-state index is 0.101. The summed E-state index contributed by atoms with van der Waals surface area (Å²) in [7, 11) is 0. The molecule has 2 aromatic rings. The highest BCUT2D eigenvalue weighted by Crippen LogP contribution is 2.25. The predicted molar refractivity (Wildman–Crippen MR) is 87.5 cm³/mol. The van der Waals surface area contributed by atoms with Crippen LogP contribution in [0.1, 0.15) is 5.56 Å². The van der Waals surface area contributed by atoms with Crippen LogP contribution in [-0.4, -0.2) is 12.5 Å². The third kappa shape index (κ3) is 4.25. The number of hydrogen-bond acceptors (Lipinski definition) is 2. The fourth-order valence-electron chi connectivity index (χ4n) is 1.65. The monoisotopic (exact) mass is 352 g/mol. The summed E-state index contributed by atoms with van der Waals surface area (Å²) >= 11 is 9.26. The van der Waals surface area contributed by atoms with E-state index in [-0.39, 0.29) is 12.5 Å². The largest absolute Gasteiger partial charge is 0.375 e. The van der Waals surface area contributed by atoms with E-state index in [1.54, 1.807) is 12.1 Å². The van der Waals surface area contributed by atoms with Gasteiger partial charge in [-0.1, -0.05) is 29.3 Å². The predicted octanol–water partition coefficient (Wildman–Crippen LogP) is 4.46. The summed E-state index contributed by atoms with van der Waals surface area (Å²) in [5, 5.41) is 6.53. The molecule has 5 heteroatoms. The topological polar surface area (TPSA) is 41.1 Å². The maximum absolute atomic E-state index is 11.8.